The van der Waals surface area contributed by atoms with Crippen LogP contribution >= 0.6 is 38.9 Å². The SMILES string of the molecule is Cc1sc(CNc2cc3c(cc2Cl)NC(=O)C3)cc1Br. The fourth-order valence-corrected chi connectivity index (χ4v) is 3.94. The van der Waals surface area contributed by atoms with Crippen LogP contribution in [0.2, 0.25) is 5.02 Å². The van der Waals surface area contributed by atoms with E-state index in [9.17, 15) is 4.79 Å². The van der Waals surface area contributed by atoms with Crippen LogP contribution in [0.15, 0.2) is 22.7 Å². The van der Waals surface area contributed by atoms with Gasteiger partial charge in [-0.1, -0.05) is 11.6 Å². The first kappa shape index (κ1) is 13.9. The quantitative estimate of drug-likeness (QED) is 0.829. The maximum atomic E-state index is 11.4. The Morgan fingerprint density at radius 1 is 1.45 bits per heavy atom. The lowest BCUT2D eigenvalue weighted by Gasteiger charge is -2.09. The van der Waals surface area contributed by atoms with Gasteiger partial charge in [0.05, 0.1) is 17.1 Å². The maximum absolute atomic E-state index is 11.4. The van der Waals surface area contributed by atoms with Crippen LogP contribution in [0.4, 0.5) is 11.4 Å². The Balaban J connectivity index is 1.78. The van der Waals surface area contributed by atoms with Crippen LogP contribution in [0.5, 0.6) is 0 Å². The molecule has 0 bridgehead atoms. The van der Waals surface area contributed by atoms with E-state index >= 15 is 0 Å². The fraction of sp³-hybridized carbons (Fsp3) is 0.214. The third kappa shape index (κ3) is 2.71. The second-order valence-corrected chi connectivity index (χ2v) is 7.29. The Morgan fingerprint density at radius 2 is 2.25 bits per heavy atom. The minimum Gasteiger partial charge on any atom is -0.379 e. The highest BCUT2D eigenvalue weighted by Gasteiger charge is 2.19. The number of hydrogen-bond donors (Lipinski definition) is 2. The van der Waals surface area contributed by atoms with Crippen molar-refractivity contribution in [2.45, 2.75) is 19.9 Å². The van der Waals surface area contributed by atoms with Crippen molar-refractivity contribution in [3.05, 3.63) is 43.0 Å². The van der Waals surface area contributed by atoms with E-state index in [-0.39, 0.29) is 5.91 Å². The van der Waals surface area contributed by atoms with Gasteiger partial charge in [-0.3, -0.25) is 4.79 Å². The lowest BCUT2D eigenvalue weighted by molar-refractivity contribution is -0.115. The van der Waals surface area contributed by atoms with Gasteiger partial charge in [0.2, 0.25) is 5.91 Å². The molecule has 0 fully saturated rings. The van der Waals surface area contributed by atoms with Crippen molar-refractivity contribution < 1.29 is 4.79 Å². The standard InChI is InChI=1S/C14H12BrClN2OS/c1-7-10(15)4-9(20-7)6-17-13-2-8-3-14(19)18-12(8)5-11(13)16/h2,4-5,17H,3,6H2,1H3,(H,18,19). The minimum absolute atomic E-state index is 0.0195. The van der Waals surface area contributed by atoms with Crippen LogP contribution < -0.4 is 10.6 Å². The topological polar surface area (TPSA) is 41.1 Å². The van der Waals surface area contributed by atoms with E-state index in [0.29, 0.717) is 11.4 Å². The summed E-state index contributed by atoms with van der Waals surface area (Å²) in [6.07, 6.45) is 0.421. The molecular formula is C14H12BrClN2OS. The molecule has 104 valence electrons. The number of nitrogens with one attached hydrogen (secondary N) is 2. The number of carbonyl (C=O) groups is 1. The molecule has 2 heterocycles. The van der Waals surface area contributed by atoms with Crippen molar-refractivity contribution in [2.75, 3.05) is 10.6 Å². The van der Waals surface area contributed by atoms with Crippen molar-refractivity contribution in [3.8, 4) is 0 Å². The molecule has 1 aliphatic rings. The van der Waals surface area contributed by atoms with Gasteiger partial charge in [-0.05, 0) is 46.6 Å². The first-order chi connectivity index (χ1) is 9.52. The second kappa shape index (κ2) is 5.39. The summed E-state index contributed by atoms with van der Waals surface area (Å²) in [5.74, 6) is 0.0195. The van der Waals surface area contributed by atoms with Gasteiger partial charge in [-0.25, -0.2) is 0 Å². The number of thiophene rings is 1. The summed E-state index contributed by atoms with van der Waals surface area (Å²) in [6, 6.07) is 5.87. The van der Waals surface area contributed by atoms with Gasteiger partial charge in [0, 0.05) is 26.5 Å². The number of carbonyl (C=O) groups excluding carboxylic acids is 1. The van der Waals surface area contributed by atoms with Crippen LogP contribution in [0, 0.1) is 6.92 Å². The molecule has 6 heteroatoms. The third-order valence-corrected chi connectivity index (χ3v) is 5.63. The van der Waals surface area contributed by atoms with Crippen LogP contribution in [-0.2, 0) is 17.8 Å². The lowest BCUT2D eigenvalue weighted by atomic mass is 10.1. The van der Waals surface area contributed by atoms with Gasteiger partial charge >= 0.3 is 0 Å². The molecule has 1 aromatic heterocycles. The van der Waals surface area contributed by atoms with E-state index in [0.717, 1.165) is 28.0 Å². The van der Waals surface area contributed by atoms with E-state index in [1.807, 2.05) is 6.07 Å². The first-order valence-corrected chi connectivity index (χ1v) is 8.12. The van der Waals surface area contributed by atoms with Crippen LogP contribution in [-0.4, -0.2) is 5.91 Å². The Hall–Kier alpha value is -1.04. The maximum Gasteiger partial charge on any atom is 0.228 e. The highest BCUT2D eigenvalue weighted by Crippen LogP contribution is 2.34. The van der Waals surface area contributed by atoms with Crippen molar-refractivity contribution >= 4 is 56.1 Å². The van der Waals surface area contributed by atoms with Gasteiger partial charge in [0.1, 0.15) is 0 Å². The molecule has 1 amide bonds. The molecule has 1 aliphatic heterocycles. The molecular weight excluding hydrogens is 360 g/mol. The molecule has 2 N–H and O–H groups in total. The summed E-state index contributed by atoms with van der Waals surface area (Å²) < 4.78 is 1.13. The largest absolute Gasteiger partial charge is 0.379 e. The zero-order valence-corrected chi connectivity index (χ0v) is 13.9. The summed E-state index contributed by atoms with van der Waals surface area (Å²) in [7, 11) is 0. The van der Waals surface area contributed by atoms with Crippen LogP contribution in [0.1, 0.15) is 15.3 Å². The average molecular weight is 372 g/mol. The Bertz CT molecular complexity index is 679. The molecule has 0 unspecified atom stereocenters. The van der Waals surface area contributed by atoms with Crippen molar-refractivity contribution in [2.24, 2.45) is 0 Å². The lowest BCUT2D eigenvalue weighted by Crippen LogP contribution is -2.03. The van der Waals surface area contributed by atoms with E-state index in [2.05, 4.69) is 39.6 Å². The van der Waals surface area contributed by atoms with Gasteiger partial charge in [-0.2, -0.15) is 0 Å². The number of hydrogen-bond acceptors (Lipinski definition) is 3. The van der Waals surface area contributed by atoms with Crippen molar-refractivity contribution in [1.29, 1.82) is 0 Å². The highest BCUT2D eigenvalue weighted by atomic mass is 79.9. The molecule has 0 aliphatic carbocycles. The predicted octanol–water partition coefficient (Wildman–Crippen LogP) is 4.58. The van der Waals surface area contributed by atoms with Gasteiger partial charge in [0.25, 0.3) is 0 Å². The van der Waals surface area contributed by atoms with Crippen LogP contribution in [0.25, 0.3) is 0 Å². The number of amides is 1. The molecule has 0 saturated heterocycles. The molecule has 1 aromatic carbocycles. The number of halogens is 2. The van der Waals surface area contributed by atoms with E-state index in [1.54, 1.807) is 17.4 Å². The van der Waals surface area contributed by atoms with Crippen molar-refractivity contribution in [3.63, 3.8) is 0 Å². The minimum atomic E-state index is 0.0195. The zero-order valence-electron chi connectivity index (χ0n) is 10.7. The number of aryl methyl sites for hydroxylation is 1. The second-order valence-electron chi connectivity index (χ2n) is 4.68. The van der Waals surface area contributed by atoms with E-state index < -0.39 is 0 Å². The van der Waals surface area contributed by atoms with Gasteiger partial charge in [0.15, 0.2) is 0 Å². The Labute approximate surface area is 134 Å². The summed E-state index contributed by atoms with van der Waals surface area (Å²) in [5.41, 5.74) is 2.68. The zero-order chi connectivity index (χ0) is 14.3. The fourth-order valence-electron chi connectivity index (χ4n) is 2.17. The summed E-state index contributed by atoms with van der Waals surface area (Å²) in [4.78, 5) is 13.9. The molecule has 20 heavy (non-hydrogen) atoms. The molecule has 0 spiro atoms. The van der Waals surface area contributed by atoms with Crippen LogP contribution in [0.3, 0.4) is 0 Å². The first-order valence-electron chi connectivity index (χ1n) is 6.14. The summed E-state index contributed by atoms with van der Waals surface area (Å²) >= 11 is 11.5. The molecule has 0 radical (unpaired) electrons. The number of fused-ring (bicyclic) bond motifs is 1. The van der Waals surface area contributed by atoms with Gasteiger partial charge < -0.3 is 10.6 Å². The Kier molecular flexibility index (Phi) is 3.75. The normalized spacial score (nSPS) is 13.2. The average Bonchev–Trinajstić information content (AvgIpc) is 2.89. The van der Waals surface area contributed by atoms with Crippen molar-refractivity contribution in [1.82, 2.24) is 0 Å². The Morgan fingerprint density at radius 3 is 2.95 bits per heavy atom. The predicted molar refractivity (Wildman–Crippen MR) is 87.9 cm³/mol. The number of benzene rings is 1. The summed E-state index contributed by atoms with van der Waals surface area (Å²) in [5, 5.41) is 6.75. The molecule has 0 saturated carbocycles. The molecule has 0 atom stereocenters. The number of rotatable bonds is 3. The highest BCUT2D eigenvalue weighted by molar-refractivity contribution is 9.10. The van der Waals surface area contributed by atoms with Gasteiger partial charge in [-0.15, -0.1) is 11.3 Å². The molecule has 3 nitrogen and oxygen atoms in total. The monoisotopic (exact) mass is 370 g/mol. The number of anilines is 2. The smallest absolute Gasteiger partial charge is 0.228 e. The third-order valence-electron chi connectivity index (χ3n) is 3.18. The van der Waals surface area contributed by atoms with E-state index in [1.165, 1.54) is 9.75 Å². The molecule has 3 rings (SSSR count). The summed E-state index contributed by atoms with van der Waals surface area (Å²) in [6.45, 7) is 2.80. The van der Waals surface area contributed by atoms with E-state index in [4.69, 9.17) is 11.6 Å². The molecule has 2 aromatic rings.